The topological polar surface area (TPSA) is 51.1 Å². The van der Waals surface area contributed by atoms with Crippen LogP contribution in [-0.2, 0) is 4.79 Å². The summed E-state index contributed by atoms with van der Waals surface area (Å²) in [6.07, 6.45) is 1.76. The quantitative estimate of drug-likeness (QED) is 0.757. The van der Waals surface area contributed by atoms with Crippen LogP contribution < -0.4 is 9.47 Å². The normalized spacial score (nSPS) is 18.1. The summed E-state index contributed by atoms with van der Waals surface area (Å²) in [6.45, 7) is 5.09. The Morgan fingerprint density at radius 3 is 2.48 bits per heavy atom. The van der Waals surface area contributed by atoms with Crippen LogP contribution in [0.25, 0.3) is 6.08 Å². The predicted octanol–water partition coefficient (Wildman–Crippen LogP) is 3.67. The van der Waals surface area contributed by atoms with Crippen molar-refractivity contribution >= 4 is 40.5 Å². The number of amides is 1. The van der Waals surface area contributed by atoms with Gasteiger partial charge in [-0.15, -0.1) is 0 Å². The second-order valence-corrected chi connectivity index (χ2v) is 6.06. The van der Waals surface area contributed by atoms with Gasteiger partial charge in [-0.1, -0.05) is 11.6 Å². The summed E-state index contributed by atoms with van der Waals surface area (Å²) in [5, 5.41) is 1.22. The highest BCUT2D eigenvalue weighted by Crippen LogP contribution is 2.37. The van der Waals surface area contributed by atoms with E-state index in [1.807, 2.05) is 13.8 Å². The molecule has 1 saturated heterocycles. The Balaban J connectivity index is 2.42. The van der Waals surface area contributed by atoms with E-state index in [2.05, 4.69) is 4.99 Å². The molecular formula is C16H19ClN2O3S. The highest BCUT2D eigenvalue weighted by atomic mass is 35.5. The number of amidine groups is 1. The minimum atomic E-state index is -0.0597. The van der Waals surface area contributed by atoms with Crippen LogP contribution in [0.2, 0.25) is 5.02 Å². The molecule has 0 unspecified atom stereocenters. The van der Waals surface area contributed by atoms with Gasteiger partial charge in [0.25, 0.3) is 5.91 Å². The van der Waals surface area contributed by atoms with Crippen LogP contribution in [0.4, 0.5) is 0 Å². The monoisotopic (exact) mass is 354 g/mol. The number of aliphatic imine (C=N–C) groups is 1. The number of hydrogen-bond donors (Lipinski definition) is 0. The molecule has 0 radical (unpaired) electrons. The highest BCUT2D eigenvalue weighted by molar-refractivity contribution is 8.18. The van der Waals surface area contributed by atoms with Gasteiger partial charge in [-0.05, 0) is 43.3 Å². The van der Waals surface area contributed by atoms with Crippen molar-refractivity contribution in [2.75, 3.05) is 27.3 Å². The average Bonchev–Trinajstić information content (AvgIpc) is 2.84. The maximum atomic E-state index is 12.5. The molecule has 2 rings (SSSR count). The maximum absolute atomic E-state index is 12.5. The van der Waals surface area contributed by atoms with Crippen molar-refractivity contribution in [3.63, 3.8) is 0 Å². The van der Waals surface area contributed by atoms with E-state index >= 15 is 0 Å². The molecular weight excluding hydrogens is 336 g/mol. The third-order valence-electron chi connectivity index (χ3n) is 3.29. The minimum absolute atomic E-state index is 0.0597. The number of benzene rings is 1. The van der Waals surface area contributed by atoms with Gasteiger partial charge in [0.1, 0.15) is 0 Å². The molecule has 0 saturated carbocycles. The minimum Gasteiger partial charge on any atom is -0.493 e. The number of carbonyl (C=O) groups excluding carboxylic acids is 1. The lowest BCUT2D eigenvalue weighted by Crippen LogP contribution is -2.28. The Labute approximate surface area is 145 Å². The Kier molecular flexibility index (Phi) is 5.96. The lowest BCUT2D eigenvalue weighted by atomic mass is 10.1. The van der Waals surface area contributed by atoms with E-state index in [-0.39, 0.29) is 5.91 Å². The molecule has 0 aromatic heterocycles. The second-order valence-electron chi connectivity index (χ2n) is 4.65. The van der Waals surface area contributed by atoms with Gasteiger partial charge in [0, 0.05) is 19.2 Å². The standard InChI is InChI=1S/C16H19ClN2O3S/c1-5-18-16-19(6-2)15(20)14(23-16)8-10-7-12(21-3)13(22-4)9-11(10)17/h7-9H,5-6H2,1-4H3/b14-8+,18-16?. The van der Waals surface area contributed by atoms with E-state index in [1.54, 1.807) is 37.3 Å². The number of methoxy groups -OCH3 is 2. The molecule has 0 bridgehead atoms. The molecule has 1 aliphatic heterocycles. The number of nitrogens with zero attached hydrogens (tertiary/aromatic N) is 2. The first kappa shape index (κ1) is 17.7. The number of carbonyl (C=O) groups is 1. The SMILES string of the molecule is CCN=C1S/C(=C/c2cc(OC)c(OC)cc2Cl)C(=O)N1CC. The van der Waals surface area contributed by atoms with Crippen LogP contribution in [0.5, 0.6) is 11.5 Å². The molecule has 7 heteroatoms. The van der Waals surface area contributed by atoms with Crippen LogP contribution in [0.15, 0.2) is 22.0 Å². The molecule has 1 amide bonds. The van der Waals surface area contributed by atoms with Crippen LogP contribution in [0.3, 0.4) is 0 Å². The number of halogens is 1. The van der Waals surface area contributed by atoms with E-state index in [0.717, 1.165) is 5.17 Å². The fourth-order valence-corrected chi connectivity index (χ4v) is 3.47. The predicted molar refractivity (Wildman–Crippen MR) is 95.5 cm³/mol. The summed E-state index contributed by atoms with van der Waals surface area (Å²) >= 11 is 7.65. The van der Waals surface area contributed by atoms with Crippen molar-refractivity contribution < 1.29 is 14.3 Å². The largest absolute Gasteiger partial charge is 0.493 e. The molecule has 124 valence electrons. The molecule has 1 aromatic rings. The van der Waals surface area contributed by atoms with Gasteiger partial charge >= 0.3 is 0 Å². The Hall–Kier alpha value is -1.66. The van der Waals surface area contributed by atoms with E-state index in [4.69, 9.17) is 21.1 Å². The van der Waals surface area contributed by atoms with Gasteiger partial charge in [0.05, 0.1) is 24.1 Å². The molecule has 23 heavy (non-hydrogen) atoms. The van der Waals surface area contributed by atoms with Crippen molar-refractivity contribution in [1.82, 2.24) is 4.90 Å². The second kappa shape index (κ2) is 7.75. The number of rotatable bonds is 5. The summed E-state index contributed by atoms with van der Waals surface area (Å²) in [7, 11) is 3.11. The molecule has 1 heterocycles. The summed E-state index contributed by atoms with van der Waals surface area (Å²) < 4.78 is 10.5. The fourth-order valence-electron chi connectivity index (χ4n) is 2.16. The zero-order valence-electron chi connectivity index (χ0n) is 13.6. The molecule has 1 aromatic carbocycles. The van der Waals surface area contributed by atoms with Gasteiger partial charge in [-0.2, -0.15) is 0 Å². The van der Waals surface area contributed by atoms with E-state index < -0.39 is 0 Å². The van der Waals surface area contributed by atoms with E-state index in [1.165, 1.54) is 11.8 Å². The van der Waals surface area contributed by atoms with Gasteiger partial charge in [0.15, 0.2) is 16.7 Å². The third-order valence-corrected chi connectivity index (χ3v) is 4.66. The Morgan fingerprint density at radius 2 is 1.91 bits per heavy atom. The smallest absolute Gasteiger partial charge is 0.266 e. The lowest BCUT2D eigenvalue weighted by Gasteiger charge is -2.11. The number of ether oxygens (including phenoxy) is 2. The van der Waals surface area contributed by atoms with Crippen molar-refractivity contribution in [1.29, 1.82) is 0 Å². The maximum Gasteiger partial charge on any atom is 0.266 e. The summed E-state index contributed by atoms with van der Waals surface area (Å²) in [4.78, 5) is 19.1. The summed E-state index contributed by atoms with van der Waals surface area (Å²) in [5.74, 6) is 1.05. The molecule has 5 nitrogen and oxygen atoms in total. The average molecular weight is 355 g/mol. The van der Waals surface area contributed by atoms with Gasteiger partial charge in [-0.25, -0.2) is 0 Å². The van der Waals surface area contributed by atoms with Crippen LogP contribution in [-0.4, -0.2) is 43.3 Å². The lowest BCUT2D eigenvalue weighted by molar-refractivity contribution is -0.122. The molecule has 0 atom stereocenters. The first-order chi connectivity index (χ1) is 11.0. The van der Waals surface area contributed by atoms with Crippen molar-refractivity contribution in [3.8, 4) is 11.5 Å². The fraction of sp³-hybridized carbons (Fsp3) is 0.375. The molecule has 0 spiro atoms. The Morgan fingerprint density at radius 1 is 1.26 bits per heavy atom. The van der Waals surface area contributed by atoms with Crippen LogP contribution in [0.1, 0.15) is 19.4 Å². The van der Waals surface area contributed by atoms with E-state index in [0.29, 0.717) is 40.1 Å². The van der Waals surface area contributed by atoms with Gasteiger partial charge in [-0.3, -0.25) is 14.7 Å². The summed E-state index contributed by atoms with van der Waals surface area (Å²) in [5.41, 5.74) is 0.703. The van der Waals surface area contributed by atoms with Gasteiger partial charge in [0.2, 0.25) is 0 Å². The Bertz CT molecular complexity index is 674. The zero-order valence-corrected chi connectivity index (χ0v) is 15.1. The summed E-state index contributed by atoms with van der Waals surface area (Å²) in [6, 6.07) is 3.43. The highest BCUT2D eigenvalue weighted by Gasteiger charge is 2.32. The third kappa shape index (κ3) is 3.64. The van der Waals surface area contributed by atoms with Crippen LogP contribution in [0, 0.1) is 0 Å². The molecule has 0 aliphatic carbocycles. The molecule has 0 N–H and O–H groups in total. The zero-order chi connectivity index (χ0) is 17.0. The molecule has 1 fully saturated rings. The van der Waals surface area contributed by atoms with Crippen LogP contribution >= 0.6 is 23.4 Å². The number of likely N-dealkylation sites (N-methyl/N-ethyl adjacent to an activating group) is 1. The van der Waals surface area contributed by atoms with Crippen molar-refractivity contribution in [3.05, 3.63) is 27.6 Å². The molecule has 1 aliphatic rings. The number of hydrogen-bond acceptors (Lipinski definition) is 5. The first-order valence-corrected chi connectivity index (χ1v) is 8.42. The van der Waals surface area contributed by atoms with Crippen molar-refractivity contribution in [2.24, 2.45) is 4.99 Å². The van der Waals surface area contributed by atoms with E-state index in [9.17, 15) is 4.79 Å². The van der Waals surface area contributed by atoms with Gasteiger partial charge < -0.3 is 9.47 Å². The van der Waals surface area contributed by atoms with Crippen molar-refractivity contribution in [2.45, 2.75) is 13.8 Å². The number of thioether (sulfide) groups is 1. The first-order valence-electron chi connectivity index (χ1n) is 7.23.